The van der Waals surface area contributed by atoms with E-state index in [9.17, 15) is 22.8 Å². The van der Waals surface area contributed by atoms with Crippen molar-refractivity contribution >= 4 is 23.2 Å². The average Bonchev–Trinajstić information content (AvgIpc) is 2.74. The summed E-state index contributed by atoms with van der Waals surface area (Å²) in [4.78, 5) is 24.6. The van der Waals surface area contributed by atoms with Crippen molar-refractivity contribution in [1.82, 2.24) is 0 Å². The number of amides is 2. The number of hydrogen-bond donors (Lipinski definition) is 2. The van der Waals surface area contributed by atoms with Crippen LogP contribution in [-0.4, -0.2) is 18.9 Å². The van der Waals surface area contributed by atoms with E-state index in [-0.39, 0.29) is 11.6 Å². The van der Waals surface area contributed by atoms with Gasteiger partial charge in [-0.15, -0.1) is 0 Å². The highest BCUT2D eigenvalue weighted by atomic mass is 19.4. The lowest BCUT2D eigenvalue weighted by Gasteiger charge is -2.13. The molecule has 3 aromatic rings. The number of alkyl halides is 3. The van der Waals surface area contributed by atoms with Crippen LogP contribution < -0.4 is 15.4 Å². The minimum Gasteiger partial charge on any atom is -0.497 e. The Morgan fingerprint density at radius 1 is 0.767 bits per heavy atom. The van der Waals surface area contributed by atoms with Gasteiger partial charge in [-0.25, -0.2) is 0 Å². The van der Waals surface area contributed by atoms with Gasteiger partial charge in [0.15, 0.2) is 0 Å². The van der Waals surface area contributed by atoms with Crippen molar-refractivity contribution in [3.63, 3.8) is 0 Å². The van der Waals surface area contributed by atoms with Crippen LogP contribution in [0.2, 0.25) is 0 Å². The zero-order chi connectivity index (χ0) is 21.7. The predicted octanol–water partition coefficient (Wildman–Crippen LogP) is 5.22. The topological polar surface area (TPSA) is 67.4 Å². The van der Waals surface area contributed by atoms with E-state index < -0.39 is 23.2 Å². The van der Waals surface area contributed by atoms with Crippen LogP contribution in [0.1, 0.15) is 26.3 Å². The summed E-state index contributed by atoms with van der Waals surface area (Å²) in [5, 5.41) is 5.13. The first-order valence-electron chi connectivity index (χ1n) is 8.81. The van der Waals surface area contributed by atoms with Crippen molar-refractivity contribution in [2.24, 2.45) is 0 Å². The Balaban J connectivity index is 1.68. The molecule has 8 heteroatoms. The zero-order valence-electron chi connectivity index (χ0n) is 15.8. The molecule has 0 saturated carbocycles. The molecule has 0 fully saturated rings. The fourth-order valence-corrected chi connectivity index (χ4v) is 2.71. The van der Waals surface area contributed by atoms with Gasteiger partial charge in [0.25, 0.3) is 11.8 Å². The highest BCUT2D eigenvalue weighted by molar-refractivity contribution is 6.07. The number of ether oxygens (including phenoxy) is 1. The van der Waals surface area contributed by atoms with Gasteiger partial charge >= 0.3 is 6.18 Å². The van der Waals surface area contributed by atoms with E-state index in [4.69, 9.17) is 4.74 Å². The molecule has 0 spiro atoms. The number of benzene rings is 3. The third kappa shape index (κ3) is 4.96. The van der Waals surface area contributed by atoms with Gasteiger partial charge in [-0.2, -0.15) is 13.2 Å². The highest BCUT2D eigenvalue weighted by Crippen LogP contribution is 2.32. The molecule has 5 nitrogen and oxygen atoms in total. The molecule has 0 unspecified atom stereocenters. The summed E-state index contributed by atoms with van der Waals surface area (Å²) in [5.74, 6) is -0.612. The van der Waals surface area contributed by atoms with Crippen molar-refractivity contribution in [1.29, 1.82) is 0 Å². The number of rotatable bonds is 5. The molecular formula is C22H17F3N2O3. The Labute approximate surface area is 170 Å². The standard InChI is InChI=1S/C22H17F3N2O3/c1-30-17-12-10-16(11-13-17)26-20(28)14-6-8-15(9-7-14)27-21(29)18-4-2-3-5-19(18)22(23,24)25/h2-13H,1H3,(H,26,28)(H,27,29). The first-order chi connectivity index (χ1) is 14.3. The molecule has 0 saturated heterocycles. The first-order valence-corrected chi connectivity index (χ1v) is 8.81. The van der Waals surface area contributed by atoms with Gasteiger partial charge in [0.05, 0.1) is 18.2 Å². The normalized spacial score (nSPS) is 10.9. The molecule has 30 heavy (non-hydrogen) atoms. The summed E-state index contributed by atoms with van der Waals surface area (Å²) in [7, 11) is 1.54. The summed E-state index contributed by atoms with van der Waals surface area (Å²) in [5.41, 5.74) is -0.344. The molecule has 2 N–H and O–H groups in total. The van der Waals surface area contributed by atoms with Gasteiger partial charge in [0.1, 0.15) is 5.75 Å². The van der Waals surface area contributed by atoms with Crippen LogP contribution >= 0.6 is 0 Å². The van der Waals surface area contributed by atoms with E-state index in [0.717, 1.165) is 12.1 Å². The van der Waals surface area contributed by atoms with E-state index in [0.29, 0.717) is 17.0 Å². The van der Waals surface area contributed by atoms with Gasteiger partial charge in [0.2, 0.25) is 0 Å². The van der Waals surface area contributed by atoms with Crippen molar-refractivity contribution in [2.45, 2.75) is 6.18 Å². The number of carbonyl (C=O) groups excluding carboxylic acids is 2. The van der Waals surface area contributed by atoms with Gasteiger partial charge in [0, 0.05) is 16.9 Å². The molecular weight excluding hydrogens is 397 g/mol. The molecule has 3 aromatic carbocycles. The summed E-state index contributed by atoms with van der Waals surface area (Å²) in [6, 6.07) is 17.1. The Morgan fingerprint density at radius 2 is 1.30 bits per heavy atom. The van der Waals surface area contributed by atoms with Crippen LogP contribution in [0, 0.1) is 0 Å². The molecule has 3 rings (SSSR count). The van der Waals surface area contributed by atoms with E-state index in [1.165, 1.54) is 43.5 Å². The van der Waals surface area contributed by atoms with Crippen LogP contribution in [0.25, 0.3) is 0 Å². The van der Waals surface area contributed by atoms with E-state index in [1.807, 2.05) is 0 Å². The fraction of sp³-hybridized carbons (Fsp3) is 0.0909. The maximum atomic E-state index is 13.1. The second-order valence-electron chi connectivity index (χ2n) is 6.26. The van der Waals surface area contributed by atoms with Gasteiger partial charge in [-0.1, -0.05) is 12.1 Å². The molecule has 0 aliphatic heterocycles. The largest absolute Gasteiger partial charge is 0.497 e. The number of carbonyl (C=O) groups is 2. The van der Waals surface area contributed by atoms with Crippen molar-refractivity contribution in [3.05, 3.63) is 89.5 Å². The minimum atomic E-state index is -4.64. The Morgan fingerprint density at radius 3 is 1.87 bits per heavy atom. The Kier molecular flexibility index (Phi) is 6.06. The molecule has 0 aliphatic carbocycles. The van der Waals surface area contributed by atoms with E-state index >= 15 is 0 Å². The van der Waals surface area contributed by atoms with Crippen LogP contribution in [-0.2, 0) is 6.18 Å². The van der Waals surface area contributed by atoms with Crippen molar-refractivity contribution in [2.75, 3.05) is 17.7 Å². The summed E-state index contributed by atoms with van der Waals surface area (Å²) in [6.45, 7) is 0. The van der Waals surface area contributed by atoms with Crippen LogP contribution in [0.3, 0.4) is 0 Å². The molecule has 0 aliphatic rings. The molecule has 154 valence electrons. The monoisotopic (exact) mass is 414 g/mol. The Hall–Kier alpha value is -3.81. The molecule has 2 amide bonds. The quantitative estimate of drug-likeness (QED) is 0.602. The number of methoxy groups -OCH3 is 1. The van der Waals surface area contributed by atoms with Crippen molar-refractivity contribution < 1.29 is 27.5 Å². The highest BCUT2D eigenvalue weighted by Gasteiger charge is 2.34. The molecule has 0 heterocycles. The maximum Gasteiger partial charge on any atom is 0.417 e. The summed E-state index contributed by atoms with van der Waals surface area (Å²) in [6.07, 6.45) is -4.64. The van der Waals surface area contributed by atoms with Crippen LogP contribution in [0.4, 0.5) is 24.5 Å². The molecule has 0 radical (unpaired) electrons. The van der Waals surface area contributed by atoms with E-state index in [2.05, 4.69) is 10.6 Å². The molecule has 0 bridgehead atoms. The summed E-state index contributed by atoms with van der Waals surface area (Å²) >= 11 is 0. The van der Waals surface area contributed by atoms with E-state index in [1.54, 1.807) is 24.3 Å². The van der Waals surface area contributed by atoms with Gasteiger partial charge in [-0.3, -0.25) is 9.59 Å². The maximum absolute atomic E-state index is 13.1. The fourth-order valence-electron chi connectivity index (χ4n) is 2.71. The second kappa shape index (κ2) is 8.69. The van der Waals surface area contributed by atoms with Crippen molar-refractivity contribution in [3.8, 4) is 5.75 Å². The van der Waals surface area contributed by atoms with Gasteiger partial charge in [-0.05, 0) is 60.7 Å². The molecule has 0 atom stereocenters. The minimum absolute atomic E-state index is 0.262. The lowest BCUT2D eigenvalue weighted by molar-refractivity contribution is -0.137. The third-order valence-electron chi connectivity index (χ3n) is 4.23. The third-order valence-corrected chi connectivity index (χ3v) is 4.23. The summed E-state index contributed by atoms with van der Waals surface area (Å²) < 4.78 is 44.3. The number of halogens is 3. The first kappa shape index (κ1) is 20.9. The second-order valence-corrected chi connectivity index (χ2v) is 6.26. The average molecular weight is 414 g/mol. The predicted molar refractivity (Wildman–Crippen MR) is 107 cm³/mol. The van der Waals surface area contributed by atoms with Crippen LogP contribution in [0.15, 0.2) is 72.8 Å². The smallest absolute Gasteiger partial charge is 0.417 e. The lowest BCUT2D eigenvalue weighted by Crippen LogP contribution is -2.18. The number of nitrogens with one attached hydrogen (secondary N) is 2. The number of anilines is 2. The SMILES string of the molecule is COc1ccc(NC(=O)c2ccc(NC(=O)c3ccccc3C(F)(F)F)cc2)cc1. The molecule has 0 aromatic heterocycles. The lowest BCUT2D eigenvalue weighted by atomic mass is 10.1. The van der Waals surface area contributed by atoms with Gasteiger partial charge < -0.3 is 15.4 Å². The zero-order valence-corrected chi connectivity index (χ0v) is 15.8. The number of hydrogen-bond acceptors (Lipinski definition) is 3. The van der Waals surface area contributed by atoms with Crippen LogP contribution in [0.5, 0.6) is 5.75 Å². The Bertz CT molecular complexity index is 1050.